The lowest BCUT2D eigenvalue weighted by molar-refractivity contribution is 0.0686. The first-order valence-electron chi connectivity index (χ1n) is 7.95. The van der Waals surface area contributed by atoms with Crippen molar-refractivity contribution in [2.45, 2.75) is 25.8 Å². The van der Waals surface area contributed by atoms with Crippen LogP contribution in [0, 0.1) is 11.7 Å². The molecule has 1 aliphatic rings. The number of nitrogens with zero attached hydrogens (tertiary/aromatic N) is 1. The predicted octanol–water partition coefficient (Wildman–Crippen LogP) is 4.18. The second-order valence-corrected chi connectivity index (χ2v) is 7.24. The van der Waals surface area contributed by atoms with Gasteiger partial charge < -0.3 is 10.6 Å². The van der Waals surface area contributed by atoms with Gasteiger partial charge in [-0.05, 0) is 55.5 Å². The van der Waals surface area contributed by atoms with Crippen molar-refractivity contribution < 1.29 is 9.18 Å². The number of hydrogen-bond donors (Lipinski definition) is 1. The summed E-state index contributed by atoms with van der Waals surface area (Å²) in [4.78, 5) is 16.3. The highest BCUT2D eigenvalue weighted by Crippen LogP contribution is 2.30. The average Bonchev–Trinajstić information content (AvgIpc) is 3.05. The fourth-order valence-corrected chi connectivity index (χ4v) is 3.99. The molecule has 24 heavy (non-hydrogen) atoms. The molecule has 1 atom stereocenters. The highest BCUT2D eigenvalue weighted by Gasteiger charge is 2.26. The standard InChI is InChI=1S/C18H21FN2OS.ClH/c1-12(20)13-8-10-21(11-9-13)18(22)17-7-6-16(23-17)14-2-4-15(19)5-3-14;/h2-7,12-13H,8-11,20H2,1H3;1H. The van der Waals surface area contributed by atoms with Crippen LogP contribution in [0.5, 0.6) is 0 Å². The zero-order valence-corrected chi connectivity index (χ0v) is 15.2. The third kappa shape index (κ3) is 4.15. The lowest BCUT2D eigenvalue weighted by Crippen LogP contribution is -2.42. The van der Waals surface area contributed by atoms with E-state index in [1.54, 1.807) is 12.1 Å². The van der Waals surface area contributed by atoms with Gasteiger partial charge >= 0.3 is 0 Å². The normalized spacial score (nSPS) is 16.5. The van der Waals surface area contributed by atoms with Crippen molar-refractivity contribution in [2.75, 3.05) is 13.1 Å². The Morgan fingerprint density at radius 2 is 1.83 bits per heavy atom. The molecule has 1 aliphatic heterocycles. The summed E-state index contributed by atoms with van der Waals surface area (Å²) in [6.45, 7) is 3.58. The number of benzene rings is 1. The van der Waals surface area contributed by atoms with Crippen molar-refractivity contribution in [3.63, 3.8) is 0 Å². The van der Waals surface area contributed by atoms with E-state index in [0.29, 0.717) is 5.92 Å². The summed E-state index contributed by atoms with van der Waals surface area (Å²) in [5, 5.41) is 0. The van der Waals surface area contributed by atoms with Gasteiger partial charge in [-0.15, -0.1) is 23.7 Å². The number of amides is 1. The van der Waals surface area contributed by atoms with Crippen LogP contribution in [0.15, 0.2) is 36.4 Å². The first kappa shape index (κ1) is 18.9. The van der Waals surface area contributed by atoms with E-state index in [9.17, 15) is 9.18 Å². The lowest BCUT2D eigenvalue weighted by atomic mass is 9.91. The van der Waals surface area contributed by atoms with Crippen molar-refractivity contribution in [3.05, 3.63) is 47.1 Å². The van der Waals surface area contributed by atoms with Crippen LogP contribution >= 0.6 is 23.7 Å². The zero-order chi connectivity index (χ0) is 16.4. The van der Waals surface area contributed by atoms with Crippen LogP contribution in [0.1, 0.15) is 29.4 Å². The summed E-state index contributed by atoms with van der Waals surface area (Å²) in [7, 11) is 0. The minimum Gasteiger partial charge on any atom is -0.338 e. The molecule has 2 N–H and O–H groups in total. The molecule has 0 aliphatic carbocycles. The number of halogens is 2. The first-order valence-corrected chi connectivity index (χ1v) is 8.77. The molecule has 2 heterocycles. The second-order valence-electron chi connectivity index (χ2n) is 6.16. The van der Waals surface area contributed by atoms with E-state index >= 15 is 0 Å². The summed E-state index contributed by atoms with van der Waals surface area (Å²) in [6, 6.07) is 10.3. The van der Waals surface area contributed by atoms with Gasteiger partial charge in [0.15, 0.2) is 0 Å². The molecule has 0 radical (unpaired) electrons. The average molecular weight is 369 g/mol. The smallest absolute Gasteiger partial charge is 0.263 e. The van der Waals surface area contributed by atoms with Crippen LogP contribution in [-0.4, -0.2) is 29.9 Å². The van der Waals surface area contributed by atoms with Gasteiger partial charge in [-0.3, -0.25) is 4.79 Å². The maximum absolute atomic E-state index is 13.0. The molecule has 2 aromatic rings. The molecule has 0 bridgehead atoms. The Labute approximate surface area is 152 Å². The van der Waals surface area contributed by atoms with Gasteiger partial charge in [0.2, 0.25) is 0 Å². The third-order valence-corrected chi connectivity index (χ3v) is 5.64. The largest absolute Gasteiger partial charge is 0.338 e. The molecule has 0 saturated carbocycles. The first-order chi connectivity index (χ1) is 11.0. The van der Waals surface area contributed by atoms with Crippen molar-refractivity contribution in [3.8, 4) is 10.4 Å². The third-order valence-electron chi connectivity index (χ3n) is 4.52. The molecule has 0 spiro atoms. The van der Waals surface area contributed by atoms with Crippen LogP contribution in [0.4, 0.5) is 4.39 Å². The topological polar surface area (TPSA) is 46.3 Å². The Morgan fingerprint density at radius 1 is 1.21 bits per heavy atom. The van der Waals surface area contributed by atoms with Crippen LogP contribution in [0.3, 0.4) is 0 Å². The Balaban J connectivity index is 0.00000208. The summed E-state index contributed by atoms with van der Waals surface area (Å²) >= 11 is 1.46. The SMILES string of the molecule is CC(N)C1CCN(C(=O)c2ccc(-c3ccc(F)cc3)s2)CC1.Cl. The number of hydrogen-bond acceptors (Lipinski definition) is 3. The molecule has 1 saturated heterocycles. The number of carbonyl (C=O) groups excluding carboxylic acids is 1. The van der Waals surface area contributed by atoms with Crippen LogP contribution < -0.4 is 5.73 Å². The van der Waals surface area contributed by atoms with Gasteiger partial charge in [-0.1, -0.05) is 12.1 Å². The molecule has 1 unspecified atom stereocenters. The van der Waals surface area contributed by atoms with Crippen LogP contribution in [0.25, 0.3) is 10.4 Å². The van der Waals surface area contributed by atoms with Gasteiger partial charge in [0.05, 0.1) is 4.88 Å². The Kier molecular flexibility index (Phi) is 6.38. The highest BCUT2D eigenvalue weighted by molar-refractivity contribution is 7.17. The van der Waals surface area contributed by atoms with Crippen LogP contribution in [-0.2, 0) is 0 Å². The van der Waals surface area contributed by atoms with Gasteiger partial charge in [0, 0.05) is 24.0 Å². The van der Waals surface area contributed by atoms with E-state index in [1.165, 1.54) is 23.5 Å². The second kappa shape index (κ2) is 8.10. The fraction of sp³-hybridized carbons (Fsp3) is 0.389. The van der Waals surface area contributed by atoms with Gasteiger partial charge in [0.25, 0.3) is 5.91 Å². The number of piperidine rings is 1. The fourth-order valence-electron chi connectivity index (χ4n) is 3.01. The van der Waals surface area contributed by atoms with Gasteiger partial charge in [-0.25, -0.2) is 4.39 Å². The maximum Gasteiger partial charge on any atom is 0.263 e. The van der Waals surface area contributed by atoms with E-state index in [0.717, 1.165) is 41.2 Å². The number of carbonyl (C=O) groups is 1. The van der Waals surface area contributed by atoms with Crippen LogP contribution in [0.2, 0.25) is 0 Å². The van der Waals surface area contributed by atoms with E-state index in [4.69, 9.17) is 5.73 Å². The number of likely N-dealkylation sites (tertiary alicyclic amines) is 1. The van der Waals surface area contributed by atoms with Gasteiger partial charge in [0.1, 0.15) is 5.82 Å². The molecule has 130 valence electrons. The molecule has 1 aromatic heterocycles. The minimum atomic E-state index is -0.251. The molecule has 1 amide bonds. The molecular weight excluding hydrogens is 347 g/mol. The number of nitrogens with two attached hydrogens (primary N) is 1. The van der Waals surface area contributed by atoms with Crippen molar-refractivity contribution in [1.29, 1.82) is 0 Å². The molecule has 3 nitrogen and oxygen atoms in total. The molecule has 6 heteroatoms. The van der Waals surface area contributed by atoms with Gasteiger partial charge in [-0.2, -0.15) is 0 Å². The van der Waals surface area contributed by atoms with E-state index in [2.05, 4.69) is 0 Å². The summed E-state index contributed by atoms with van der Waals surface area (Å²) in [5.41, 5.74) is 6.89. The lowest BCUT2D eigenvalue weighted by Gasteiger charge is -2.33. The summed E-state index contributed by atoms with van der Waals surface area (Å²) in [5.74, 6) is 0.349. The van der Waals surface area contributed by atoms with E-state index < -0.39 is 0 Å². The Morgan fingerprint density at radius 3 is 2.42 bits per heavy atom. The summed E-state index contributed by atoms with van der Waals surface area (Å²) < 4.78 is 13.0. The predicted molar refractivity (Wildman–Crippen MR) is 99.2 cm³/mol. The minimum absolute atomic E-state index is 0. The molecule has 1 fully saturated rings. The Bertz CT molecular complexity index is 679. The zero-order valence-electron chi connectivity index (χ0n) is 13.6. The quantitative estimate of drug-likeness (QED) is 0.883. The highest BCUT2D eigenvalue weighted by atomic mass is 35.5. The van der Waals surface area contributed by atoms with Crippen molar-refractivity contribution in [2.24, 2.45) is 11.7 Å². The van der Waals surface area contributed by atoms with Crippen molar-refractivity contribution in [1.82, 2.24) is 4.90 Å². The molecule has 1 aromatic carbocycles. The summed E-state index contributed by atoms with van der Waals surface area (Å²) in [6.07, 6.45) is 1.94. The van der Waals surface area contributed by atoms with Crippen molar-refractivity contribution >= 4 is 29.7 Å². The Hall–Kier alpha value is -1.43. The monoisotopic (exact) mass is 368 g/mol. The maximum atomic E-state index is 13.0. The number of thiophene rings is 1. The van der Waals surface area contributed by atoms with E-state index in [1.807, 2.05) is 24.0 Å². The molecule has 3 rings (SSSR count). The number of rotatable bonds is 3. The molecular formula is C18H22ClFN2OS. The van der Waals surface area contributed by atoms with E-state index in [-0.39, 0.29) is 30.2 Å².